The molecule has 6 unspecified atom stereocenters. The van der Waals surface area contributed by atoms with Crippen molar-refractivity contribution in [3.05, 3.63) is 97.6 Å². The molecule has 133 heavy (non-hydrogen) atoms. The highest BCUT2D eigenvalue weighted by Gasteiger charge is 2.58. The molecule has 0 aromatic carbocycles. The summed E-state index contributed by atoms with van der Waals surface area (Å²) >= 11 is 20.8. The topological polar surface area (TPSA) is 834 Å². The molecule has 61 nitrogen and oxygen atoms in total. The molecule has 6 bridgehead atoms. The predicted molar refractivity (Wildman–Crippen MR) is 454 cm³/mol. The van der Waals surface area contributed by atoms with Gasteiger partial charge in [-0.1, -0.05) is 17.5 Å². The molecule has 0 radical (unpaired) electrons. The Morgan fingerprint density at radius 1 is 0.466 bits per heavy atom. The standard InChI is InChI=1S/C20H22F2N10O10P2S.C20H23N9O11P2S2.C19H23N11O10P2S2/c21-8-6-1-37-43(34,35)41-12-7(40-18(9(12)22)31-4-27-10-14(23)25-3-26-15(10)31)2-38-44(36,45)42-13(8)19(39-6)32-5-28-11-16(32)29-20(24)30-17(11)33;21-20-26-15-11(17(32)27-20)25-6-29(15)18-8-1-7(37-18)2-35-42(34,44)40-13-9(3-36-41(33,43)39-8)38-19(12(13)30)28-5-24-10-14(28)22-4-23-16(10)31;20-14-16-22-2-6(29(16)24-5-23-14)7-1-8-9(38-7)3-37-42(35,43)40-13-12(31)10(4-36-41(33,34)39-8)44-18(13)30-15-11(27-28-30)17(32)26-19(21)25-15/h3-9,12-13,18-19H,1-2H2,(H,34,35)(H,36,45)(H2,23,25,26)(H3,24,29,30,33);4-9,12-13,18-19,30H,1-3H2,(H,33,43)(H,34,44)(H,22,23,31)(H3,21,26,27,32);2,5,7-10,12-13,18,31H,1,3-4H2,(H,33,34)(H,35,43)(H2,20,23,24)(H3,21,25,26,32)/t6-,7-,8-,9+,12-,13-,18-,19-,44?;7-,8+,9+,12+,13+,18+,19+,41?,42?;7-,8+,9-,10-,12-,13-,18-,42?/m101/s1. The van der Waals surface area contributed by atoms with Gasteiger partial charge in [0.1, 0.15) is 96.8 Å². The Morgan fingerprint density at radius 3 is 1.70 bits per heavy atom. The number of nitrogens with two attached hydrogens (primary N) is 5. The number of imidazole rings is 5. The molecule has 12 aromatic heterocycles. The second kappa shape index (κ2) is 35.9. The van der Waals surface area contributed by atoms with Crippen LogP contribution in [0.5, 0.6) is 0 Å². The number of fused-ring (bicyclic) bond motifs is 15. The van der Waals surface area contributed by atoms with Crippen molar-refractivity contribution in [1.82, 2.24) is 123 Å². The van der Waals surface area contributed by atoms with Gasteiger partial charge in [-0.2, -0.15) is 20.1 Å². The Kier molecular flexibility index (Phi) is 25.3. The number of nitrogen functional groups attached to an aromatic ring is 5. The SMILES string of the molecule is Nc1nc2c(ncn2[C@@H]2O[C@@H]3COP(=O)(O)O[C@H]4[C@H](F)[C@H](n5cnc6c(N)ncnc65)O[C@@H]4COP(O)(=S)O[C@@H]2[C@@H]3F)c(=O)[nH]1.Nc1nc2c(ncn2[C@@H]2O[C@@H]3COP(O)(=S)O[C@H]4[C@@H](O)[C@H](n5cnc6c(=O)[nH]cnc65)O[C@@H]4COP(=O)(S)O[C@@H]2C3)c(=O)[nH]1.Nc1nc2c(nnn2[C@@H]2S[C@@H]3COP(=O)(O)O[C@H]4C[C@H](c5cnc6c(N)ncnn56)O[C@@H]4COP(O)(=S)O[C@@H]2[C@@H]3O)c(=O)[nH]1. The Labute approximate surface area is 758 Å². The second-order valence-corrected chi connectivity index (χ2v) is 45.4. The molecule has 0 saturated carbocycles. The van der Waals surface area contributed by atoms with E-state index >= 15 is 8.78 Å². The highest BCUT2D eigenvalue weighted by Crippen LogP contribution is 2.61. The molecule has 9 aliphatic rings. The number of rotatable bonds is 6. The number of hydrogen-bond donors (Lipinski definition) is 17. The molecule has 9 saturated heterocycles. The van der Waals surface area contributed by atoms with Crippen molar-refractivity contribution in [2.75, 3.05) is 68.3 Å². The van der Waals surface area contributed by atoms with Crippen molar-refractivity contribution in [3.8, 4) is 0 Å². The van der Waals surface area contributed by atoms with E-state index in [1.165, 1.54) is 54.4 Å². The van der Waals surface area contributed by atoms with E-state index in [-0.39, 0.29) is 110 Å². The molecule has 0 spiro atoms. The van der Waals surface area contributed by atoms with Gasteiger partial charge in [-0.05, 0) is 35.4 Å². The molecule has 0 amide bonds. The van der Waals surface area contributed by atoms with Crippen LogP contribution in [-0.2, 0) is 127 Å². The number of hydrogen-bond acceptors (Lipinski definition) is 50. The highest BCUT2D eigenvalue weighted by molar-refractivity contribution is 8.44. The number of H-pyrrole nitrogens is 4. The first-order chi connectivity index (χ1) is 63.1. The largest absolute Gasteiger partial charge is 0.472 e. The summed E-state index contributed by atoms with van der Waals surface area (Å²) in [5, 5.41) is 32.4. The van der Waals surface area contributed by atoms with Gasteiger partial charge in [0.2, 0.25) is 17.8 Å². The zero-order chi connectivity index (χ0) is 93.8. The van der Waals surface area contributed by atoms with Gasteiger partial charge >= 0.3 is 42.6 Å². The van der Waals surface area contributed by atoms with E-state index < -0.39 is 231 Å². The molecule has 714 valence electrons. The maximum atomic E-state index is 15.9. The Balaban J connectivity index is 0.000000129. The summed E-state index contributed by atoms with van der Waals surface area (Å²) in [7, 11) is -9.91. The van der Waals surface area contributed by atoms with Crippen molar-refractivity contribution < 1.29 is 135 Å². The van der Waals surface area contributed by atoms with E-state index in [2.05, 4.69) is 107 Å². The molecule has 21 rings (SSSR count). The highest BCUT2D eigenvalue weighted by atomic mass is 32.7. The molecule has 74 heteroatoms. The van der Waals surface area contributed by atoms with Crippen molar-refractivity contribution >= 4 is 193 Å². The number of phosphoric ester groups is 2. The van der Waals surface area contributed by atoms with Crippen LogP contribution < -0.4 is 50.9 Å². The van der Waals surface area contributed by atoms with Gasteiger partial charge in [0.15, 0.2) is 105 Å². The number of ether oxygens (including phenoxy) is 5. The first-order valence-corrected chi connectivity index (χ1v) is 52.8. The lowest BCUT2D eigenvalue weighted by Gasteiger charge is -2.27. The predicted octanol–water partition coefficient (Wildman–Crippen LogP) is -2.06. The van der Waals surface area contributed by atoms with E-state index in [1.54, 1.807) is 0 Å². The smallest absolute Gasteiger partial charge is 0.389 e. The minimum Gasteiger partial charge on any atom is -0.389 e. The summed E-state index contributed by atoms with van der Waals surface area (Å²) in [5.74, 6) is -0.520. The van der Waals surface area contributed by atoms with Gasteiger partial charge in [-0.25, -0.2) is 76.5 Å². The van der Waals surface area contributed by atoms with Crippen LogP contribution in [0.1, 0.15) is 54.9 Å². The maximum absolute atomic E-state index is 15.9. The van der Waals surface area contributed by atoms with E-state index in [1.807, 2.05) is 0 Å². The van der Waals surface area contributed by atoms with Crippen molar-refractivity contribution in [2.24, 2.45) is 0 Å². The number of aromatic amines is 4. The van der Waals surface area contributed by atoms with Gasteiger partial charge in [0.05, 0.1) is 101 Å². The van der Waals surface area contributed by atoms with Crippen LogP contribution in [0.2, 0.25) is 0 Å². The molecule has 0 aliphatic carbocycles. The van der Waals surface area contributed by atoms with Crippen LogP contribution in [0.4, 0.5) is 38.3 Å². The van der Waals surface area contributed by atoms with Crippen LogP contribution in [0.25, 0.3) is 61.5 Å². The van der Waals surface area contributed by atoms with Crippen LogP contribution in [0, 0.1) is 0 Å². The normalized spacial score (nSPS) is 36.9. The van der Waals surface area contributed by atoms with Crippen molar-refractivity contribution in [2.45, 2.75) is 146 Å². The number of thioether (sulfide) groups is 1. The Morgan fingerprint density at radius 2 is 1.01 bits per heavy atom. The van der Waals surface area contributed by atoms with Gasteiger partial charge in [0, 0.05) is 12.8 Å². The fourth-order valence-electron chi connectivity index (χ4n) is 15.7. The average Bonchev–Trinajstić information content (AvgIpc) is 1.37. The van der Waals surface area contributed by atoms with Crippen LogP contribution >= 0.6 is 66.6 Å². The number of phosphoric acid groups is 2. The second-order valence-electron chi connectivity index (χ2n) is 30.0. The molecule has 12 aromatic rings. The quantitative estimate of drug-likeness (QED) is 0.0629. The monoisotopic (exact) mass is 2080 g/mol. The molecule has 28 atom stereocenters. The first kappa shape index (κ1) is 93.7. The summed E-state index contributed by atoms with van der Waals surface area (Å²) in [4.78, 5) is 161. The van der Waals surface area contributed by atoms with Gasteiger partial charge < -0.3 is 106 Å². The number of aromatic nitrogens is 25. The summed E-state index contributed by atoms with van der Waals surface area (Å²) in [6.45, 7) is -20.2. The fourth-order valence-corrected chi connectivity index (χ4v) is 25.0. The number of nitrogens with zero attached hydrogens (tertiary/aromatic N) is 21. The van der Waals surface area contributed by atoms with E-state index in [0.717, 1.165) is 35.3 Å². The van der Waals surface area contributed by atoms with Gasteiger partial charge in [0.25, 0.3) is 22.2 Å². The third kappa shape index (κ3) is 18.6. The third-order valence-electron chi connectivity index (χ3n) is 21.5. The third-order valence-corrected chi connectivity index (χ3v) is 31.3. The number of nitrogens with one attached hydrogen (secondary N) is 4. The minimum absolute atomic E-state index is 0.00956. The zero-order valence-electron chi connectivity index (χ0n) is 66.2. The average molecular weight is 2080 g/mol. The number of aliphatic hydroxyl groups is 2. The summed E-state index contributed by atoms with van der Waals surface area (Å²) in [5.41, 5.74) is 26.9. The number of anilines is 5. The van der Waals surface area contributed by atoms with Crippen LogP contribution in [0.3, 0.4) is 0 Å². The summed E-state index contributed by atoms with van der Waals surface area (Å²) in [6.07, 6.45) is -18.0. The lowest BCUT2D eigenvalue weighted by Crippen LogP contribution is -2.36. The Bertz CT molecular complexity index is 7130. The summed E-state index contributed by atoms with van der Waals surface area (Å²) in [6, 6.07) is 0. The molecule has 9 aliphatic heterocycles. The van der Waals surface area contributed by atoms with Crippen molar-refractivity contribution in [3.63, 3.8) is 0 Å². The molecule has 21 heterocycles. The molecular weight excluding hydrogens is 2010 g/mol. The molecule has 21 N–H and O–H groups in total. The first-order valence-electron chi connectivity index (χ1n) is 38.4. The lowest BCUT2D eigenvalue weighted by molar-refractivity contribution is -0.0630. The summed E-state index contributed by atoms with van der Waals surface area (Å²) < 4.78 is 174. The number of thiol groups is 1. The van der Waals surface area contributed by atoms with Crippen LogP contribution in [-0.4, -0.2) is 294 Å². The molecule has 9 fully saturated rings. The van der Waals surface area contributed by atoms with E-state index in [4.69, 9.17) is 142 Å². The van der Waals surface area contributed by atoms with Gasteiger partial charge in [-0.3, -0.25) is 93.1 Å². The minimum atomic E-state index is -5.15. The molecular formula is C59H68F2N30O31P6S5. The van der Waals surface area contributed by atoms with Crippen molar-refractivity contribution in [1.29, 1.82) is 0 Å². The van der Waals surface area contributed by atoms with E-state index in [0.29, 0.717) is 5.69 Å². The van der Waals surface area contributed by atoms with Gasteiger partial charge in [-0.15, -0.1) is 16.9 Å². The maximum Gasteiger partial charge on any atom is 0.472 e. The zero-order valence-corrected chi connectivity index (χ0v) is 75.7. The Hall–Kier alpha value is -8.33. The number of halogens is 2. The fraction of sp³-hybridized carbons (Fsp3) is 0.508. The number of alkyl halides is 2. The van der Waals surface area contributed by atoms with E-state index in [9.17, 15) is 67.6 Å². The number of aliphatic hydroxyl groups excluding tert-OH is 2. The lowest BCUT2D eigenvalue weighted by atomic mass is 10.1. The van der Waals surface area contributed by atoms with Crippen LogP contribution in [0.15, 0.2) is 69.7 Å².